The molecule has 1 aromatic heterocycles. The van der Waals surface area contributed by atoms with Crippen molar-refractivity contribution in [3.8, 4) is 11.3 Å². The fraction of sp³-hybridized carbons (Fsp3) is 0.522. The van der Waals surface area contributed by atoms with Gasteiger partial charge in [-0.15, -0.1) is 0 Å². The molecule has 1 aliphatic carbocycles. The molecule has 0 spiro atoms. The number of alkyl halides is 3. The minimum absolute atomic E-state index is 0.0676. The van der Waals surface area contributed by atoms with Gasteiger partial charge in [-0.25, -0.2) is 9.78 Å². The fourth-order valence-corrected chi connectivity index (χ4v) is 4.63. The number of aromatic nitrogens is 2. The minimum Gasteiger partial charge on any atom is -0.393 e. The Balaban J connectivity index is 1.47. The van der Waals surface area contributed by atoms with Gasteiger partial charge in [0.1, 0.15) is 5.82 Å². The number of nitrogen functional groups attached to an aromatic ring is 1. The summed E-state index contributed by atoms with van der Waals surface area (Å²) in [6, 6.07) is 6.62. The lowest BCUT2D eigenvalue weighted by atomic mass is 10.0. The maximum Gasteiger partial charge on any atom is 0.389 e. The van der Waals surface area contributed by atoms with Crippen molar-refractivity contribution < 1.29 is 23.1 Å². The smallest absolute Gasteiger partial charge is 0.389 e. The largest absolute Gasteiger partial charge is 0.393 e. The maximum atomic E-state index is 12.7. The highest BCUT2D eigenvalue weighted by Gasteiger charge is 2.36. The number of aliphatic hydroxyl groups is 1. The number of nitrogens with zero attached hydrogens (tertiary/aromatic N) is 3. The summed E-state index contributed by atoms with van der Waals surface area (Å²) in [5, 5.41) is 15.8. The van der Waals surface area contributed by atoms with Crippen LogP contribution in [0.2, 0.25) is 0 Å². The Bertz CT molecular complexity index is 1050. The Labute approximate surface area is 195 Å². The number of urea groups is 1. The van der Waals surface area contributed by atoms with Crippen LogP contribution in [0.5, 0.6) is 0 Å². The van der Waals surface area contributed by atoms with Crippen LogP contribution in [0.3, 0.4) is 0 Å². The van der Waals surface area contributed by atoms with Crippen LogP contribution in [0.1, 0.15) is 37.7 Å². The number of halogens is 3. The molecule has 5 N–H and O–H groups in total. The lowest BCUT2D eigenvalue weighted by Gasteiger charge is -2.19. The maximum absolute atomic E-state index is 12.7. The van der Waals surface area contributed by atoms with E-state index in [1.807, 2.05) is 13.0 Å². The van der Waals surface area contributed by atoms with Crippen LogP contribution in [0.25, 0.3) is 11.3 Å². The average Bonchev–Trinajstić information content (AvgIpc) is 3.36. The molecule has 1 aromatic carbocycles. The van der Waals surface area contributed by atoms with Crippen molar-refractivity contribution >= 4 is 23.5 Å². The minimum atomic E-state index is -4.23. The van der Waals surface area contributed by atoms with Crippen LogP contribution in [-0.4, -0.2) is 57.4 Å². The third kappa shape index (κ3) is 6.07. The Kier molecular flexibility index (Phi) is 6.83. The number of aliphatic hydroxyl groups excluding tert-OH is 1. The summed E-state index contributed by atoms with van der Waals surface area (Å²) in [5.74, 6) is 0.0820. The van der Waals surface area contributed by atoms with Gasteiger partial charge in [-0.2, -0.15) is 18.2 Å². The zero-order valence-electron chi connectivity index (χ0n) is 18.9. The van der Waals surface area contributed by atoms with Crippen LogP contribution in [0, 0.1) is 12.8 Å². The summed E-state index contributed by atoms with van der Waals surface area (Å²) in [6.45, 7) is 2.28. The van der Waals surface area contributed by atoms with Gasteiger partial charge < -0.3 is 26.4 Å². The number of likely N-dealkylation sites (tertiary alicyclic amines) is 1. The van der Waals surface area contributed by atoms with Gasteiger partial charge in [0.25, 0.3) is 0 Å². The SMILES string of the molecule is Cc1ccc(NC(=O)N2CC[C@@H](CC(F)(F)F)C2)cc1-c1cc(N)nc(N[C@H]2CC[C@H](O)C2)n1. The number of nitrogens with one attached hydrogen (secondary N) is 2. The van der Waals surface area contributed by atoms with Crippen molar-refractivity contribution in [3.05, 3.63) is 29.8 Å². The van der Waals surface area contributed by atoms with E-state index >= 15 is 0 Å². The van der Waals surface area contributed by atoms with E-state index in [0.29, 0.717) is 36.7 Å². The van der Waals surface area contributed by atoms with Crippen LogP contribution < -0.4 is 16.4 Å². The van der Waals surface area contributed by atoms with Gasteiger partial charge in [-0.1, -0.05) is 6.07 Å². The molecule has 3 atom stereocenters. The molecule has 1 saturated heterocycles. The number of hydrogen-bond acceptors (Lipinski definition) is 6. The first kappa shape index (κ1) is 24.1. The number of hydrogen-bond donors (Lipinski definition) is 4. The second-order valence-electron chi connectivity index (χ2n) is 9.19. The fourth-order valence-electron chi connectivity index (χ4n) is 4.63. The Hall–Kier alpha value is -3.08. The Morgan fingerprint density at radius 2 is 2.03 bits per heavy atom. The van der Waals surface area contributed by atoms with Crippen molar-refractivity contribution in [1.82, 2.24) is 14.9 Å². The topological polar surface area (TPSA) is 116 Å². The van der Waals surface area contributed by atoms with Gasteiger partial charge in [0.2, 0.25) is 5.95 Å². The number of amides is 2. The number of benzene rings is 1. The van der Waals surface area contributed by atoms with E-state index in [1.54, 1.807) is 18.2 Å². The second kappa shape index (κ2) is 9.65. The van der Waals surface area contributed by atoms with Crippen molar-refractivity contribution in [1.29, 1.82) is 0 Å². The molecule has 8 nitrogen and oxygen atoms in total. The summed E-state index contributed by atoms with van der Waals surface area (Å²) < 4.78 is 38.0. The van der Waals surface area contributed by atoms with Gasteiger partial charge in [0.05, 0.1) is 11.8 Å². The second-order valence-corrected chi connectivity index (χ2v) is 9.19. The molecule has 2 aliphatic rings. The predicted octanol–water partition coefficient (Wildman–Crippen LogP) is 4.17. The highest BCUT2D eigenvalue weighted by Crippen LogP contribution is 2.32. The van der Waals surface area contributed by atoms with E-state index in [1.165, 1.54) is 4.90 Å². The third-order valence-corrected chi connectivity index (χ3v) is 6.34. The Morgan fingerprint density at radius 3 is 2.74 bits per heavy atom. The first-order chi connectivity index (χ1) is 16.1. The van der Waals surface area contributed by atoms with E-state index in [-0.39, 0.29) is 24.5 Å². The molecule has 34 heavy (non-hydrogen) atoms. The van der Waals surface area contributed by atoms with Gasteiger partial charge in [-0.3, -0.25) is 0 Å². The monoisotopic (exact) mass is 478 g/mol. The molecule has 0 radical (unpaired) electrons. The quantitative estimate of drug-likeness (QED) is 0.513. The van der Waals surface area contributed by atoms with Crippen LogP contribution in [0.15, 0.2) is 24.3 Å². The van der Waals surface area contributed by atoms with Crippen molar-refractivity contribution in [2.24, 2.45) is 5.92 Å². The van der Waals surface area contributed by atoms with E-state index in [4.69, 9.17) is 5.73 Å². The molecule has 2 amide bonds. The highest BCUT2D eigenvalue weighted by atomic mass is 19.4. The van der Waals surface area contributed by atoms with E-state index in [9.17, 15) is 23.1 Å². The first-order valence-corrected chi connectivity index (χ1v) is 11.4. The lowest BCUT2D eigenvalue weighted by Crippen LogP contribution is -2.33. The zero-order valence-corrected chi connectivity index (χ0v) is 18.9. The number of nitrogens with two attached hydrogens (primary N) is 1. The molecule has 0 bridgehead atoms. The van der Waals surface area contributed by atoms with E-state index < -0.39 is 24.5 Å². The summed E-state index contributed by atoms with van der Waals surface area (Å²) in [7, 11) is 0. The van der Waals surface area contributed by atoms with Crippen molar-refractivity contribution in [3.63, 3.8) is 0 Å². The average molecular weight is 479 g/mol. The van der Waals surface area contributed by atoms with Gasteiger partial charge in [0, 0.05) is 42.9 Å². The molecule has 4 rings (SSSR count). The highest BCUT2D eigenvalue weighted by molar-refractivity contribution is 5.90. The molecular formula is C23H29F3N6O2. The van der Waals surface area contributed by atoms with Crippen molar-refractivity contribution in [2.75, 3.05) is 29.5 Å². The number of aryl methyl sites for hydroxylation is 1. The van der Waals surface area contributed by atoms with Crippen molar-refractivity contribution in [2.45, 2.75) is 57.3 Å². The van der Waals surface area contributed by atoms with Gasteiger partial charge in [0.15, 0.2) is 0 Å². The zero-order chi connectivity index (χ0) is 24.5. The summed E-state index contributed by atoms with van der Waals surface area (Å²) >= 11 is 0. The summed E-state index contributed by atoms with van der Waals surface area (Å²) in [6.07, 6.45) is -2.95. The lowest BCUT2D eigenvalue weighted by molar-refractivity contribution is -0.143. The number of anilines is 3. The standard InChI is InChI=1S/C23H29F3N6O2/c1-13-2-3-16(29-22(34)32-7-6-14(12-32)11-23(24,25)26)9-18(13)19-10-20(27)31-21(30-19)28-15-4-5-17(33)8-15/h2-3,9-10,14-15,17,33H,4-8,11-12H2,1H3,(H,29,34)(H3,27,28,30,31)/t14-,15-,17-/m0/s1. The molecule has 1 aliphatic heterocycles. The summed E-state index contributed by atoms with van der Waals surface area (Å²) in [4.78, 5) is 22.9. The number of carbonyl (C=O) groups excluding carboxylic acids is 1. The number of rotatable bonds is 5. The van der Waals surface area contributed by atoms with Gasteiger partial charge >= 0.3 is 12.2 Å². The molecule has 0 unspecified atom stereocenters. The summed E-state index contributed by atoms with van der Waals surface area (Å²) in [5.41, 5.74) is 8.75. The van der Waals surface area contributed by atoms with E-state index in [2.05, 4.69) is 20.6 Å². The van der Waals surface area contributed by atoms with Crippen LogP contribution in [0.4, 0.5) is 35.4 Å². The molecule has 2 aromatic rings. The predicted molar refractivity (Wildman–Crippen MR) is 123 cm³/mol. The van der Waals surface area contributed by atoms with E-state index in [0.717, 1.165) is 24.0 Å². The molecule has 2 fully saturated rings. The normalized spacial score (nSPS) is 22.7. The molecule has 184 valence electrons. The Morgan fingerprint density at radius 1 is 1.24 bits per heavy atom. The number of carbonyl (C=O) groups is 1. The van der Waals surface area contributed by atoms with Gasteiger partial charge in [-0.05, 0) is 56.2 Å². The third-order valence-electron chi connectivity index (χ3n) is 6.34. The first-order valence-electron chi connectivity index (χ1n) is 11.4. The molecular weight excluding hydrogens is 449 g/mol. The van der Waals surface area contributed by atoms with Crippen LogP contribution in [-0.2, 0) is 0 Å². The molecule has 2 heterocycles. The molecule has 1 saturated carbocycles. The van der Waals surface area contributed by atoms with Crippen LogP contribution >= 0.6 is 0 Å². The molecule has 11 heteroatoms.